The summed E-state index contributed by atoms with van der Waals surface area (Å²) in [6.07, 6.45) is 1.24. The van der Waals surface area contributed by atoms with Crippen molar-refractivity contribution in [3.8, 4) is 5.75 Å². The predicted molar refractivity (Wildman–Crippen MR) is 93.9 cm³/mol. The molecule has 1 heterocycles. The van der Waals surface area contributed by atoms with Crippen molar-refractivity contribution in [2.75, 3.05) is 32.8 Å². The minimum atomic E-state index is -3.47. The van der Waals surface area contributed by atoms with Crippen LogP contribution in [-0.4, -0.2) is 58.3 Å². The van der Waals surface area contributed by atoms with E-state index < -0.39 is 10.0 Å². The Morgan fingerprint density at radius 3 is 2.42 bits per heavy atom. The van der Waals surface area contributed by atoms with E-state index in [0.29, 0.717) is 18.9 Å². The van der Waals surface area contributed by atoms with Crippen LogP contribution in [0.1, 0.15) is 27.2 Å². The Kier molecular flexibility index (Phi) is 7.03. The van der Waals surface area contributed by atoms with Gasteiger partial charge >= 0.3 is 0 Å². The molecule has 1 aliphatic heterocycles. The molecule has 2 atom stereocenters. The van der Waals surface area contributed by atoms with Gasteiger partial charge in [0.15, 0.2) is 0 Å². The highest BCUT2D eigenvalue weighted by Gasteiger charge is 2.21. The normalized spacial score (nSPS) is 22.5. The highest BCUT2D eigenvalue weighted by atomic mass is 32.2. The van der Waals surface area contributed by atoms with Crippen molar-refractivity contribution in [2.45, 2.75) is 44.3 Å². The van der Waals surface area contributed by atoms with Crippen LogP contribution in [0.2, 0.25) is 0 Å². The molecule has 0 amide bonds. The van der Waals surface area contributed by atoms with Crippen LogP contribution in [0.3, 0.4) is 0 Å². The van der Waals surface area contributed by atoms with Gasteiger partial charge in [-0.3, -0.25) is 4.90 Å². The number of nitrogens with zero attached hydrogens (tertiary/aromatic N) is 1. The first kappa shape index (κ1) is 19.2. The molecule has 1 N–H and O–H groups in total. The second-order valence-corrected chi connectivity index (χ2v) is 7.94. The first-order chi connectivity index (χ1) is 11.4. The minimum Gasteiger partial charge on any atom is -0.494 e. The van der Waals surface area contributed by atoms with Crippen LogP contribution in [0, 0.1) is 0 Å². The van der Waals surface area contributed by atoms with Gasteiger partial charge in [0.2, 0.25) is 10.0 Å². The first-order valence-electron chi connectivity index (χ1n) is 8.51. The Balaban J connectivity index is 1.78. The molecule has 136 valence electrons. The van der Waals surface area contributed by atoms with E-state index in [1.807, 2.05) is 6.92 Å². The minimum absolute atomic E-state index is 0.231. The van der Waals surface area contributed by atoms with E-state index in [1.165, 1.54) is 0 Å². The van der Waals surface area contributed by atoms with Crippen LogP contribution in [0.4, 0.5) is 0 Å². The van der Waals surface area contributed by atoms with E-state index in [-0.39, 0.29) is 17.1 Å². The summed E-state index contributed by atoms with van der Waals surface area (Å²) >= 11 is 0. The average molecular weight is 356 g/mol. The zero-order valence-corrected chi connectivity index (χ0v) is 15.5. The zero-order valence-electron chi connectivity index (χ0n) is 14.7. The SMILES string of the molecule is CCOc1ccc(S(=O)(=O)NCCCN2CC(C)OC(C)C2)cc1. The second kappa shape index (κ2) is 8.80. The van der Waals surface area contributed by atoms with Gasteiger partial charge < -0.3 is 9.47 Å². The molecule has 24 heavy (non-hydrogen) atoms. The van der Waals surface area contributed by atoms with E-state index in [1.54, 1.807) is 24.3 Å². The molecule has 0 aromatic heterocycles. The van der Waals surface area contributed by atoms with Gasteiger partial charge in [0.05, 0.1) is 23.7 Å². The lowest BCUT2D eigenvalue weighted by Gasteiger charge is -2.35. The summed E-state index contributed by atoms with van der Waals surface area (Å²) < 4.78 is 38.2. The van der Waals surface area contributed by atoms with Gasteiger partial charge in [0, 0.05) is 19.6 Å². The topological polar surface area (TPSA) is 67.9 Å². The van der Waals surface area contributed by atoms with Crippen molar-refractivity contribution in [3.63, 3.8) is 0 Å². The van der Waals surface area contributed by atoms with Gasteiger partial charge in [-0.1, -0.05) is 0 Å². The Morgan fingerprint density at radius 1 is 1.21 bits per heavy atom. The third-order valence-corrected chi connectivity index (χ3v) is 5.36. The average Bonchev–Trinajstić information content (AvgIpc) is 2.52. The van der Waals surface area contributed by atoms with Crippen LogP contribution in [0.15, 0.2) is 29.2 Å². The molecule has 0 bridgehead atoms. The van der Waals surface area contributed by atoms with Gasteiger partial charge in [0.25, 0.3) is 0 Å². The van der Waals surface area contributed by atoms with Crippen molar-refractivity contribution >= 4 is 10.0 Å². The molecule has 1 fully saturated rings. The summed E-state index contributed by atoms with van der Waals surface area (Å²) in [5.74, 6) is 0.673. The van der Waals surface area contributed by atoms with Gasteiger partial charge in [-0.25, -0.2) is 13.1 Å². The Morgan fingerprint density at radius 2 is 1.83 bits per heavy atom. The molecule has 2 unspecified atom stereocenters. The standard InChI is InChI=1S/C17H28N2O4S/c1-4-22-16-6-8-17(9-7-16)24(20,21)18-10-5-11-19-12-14(2)23-15(3)13-19/h6-9,14-15,18H,4-5,10-13H2,1-3H3. The summed E-state index contributed by atoms with van der Waals surface area (Å²) in [6.45, 7) is 9.67. The lowest BCUT2D eigenvalue weighted by molar-refractivity contribution is -0.0679. The molecule has 1 aromatic carbocycles. The van der Waals surface area contributed by atoms with E-state index in [9.17, 15) is 8.42 Å². The number of ether oxygens (including phenoxy) is 2. The van der Waals surface area contributed by atoms with Crippen LogP contribution in [0.25, 0.3) is 0 Å². The van der Waals surface area contributed by atoms with Gasteiger partial charge in [-0.2, -0.15) is 0 Å². The van der Waals surface area contributed by atoms with Crippen LogP contribution in [-0.2, 0) is 14.8 Å². The molecule has 1 aliphatic rings. The maximum Gasteiger partial charge on any atom is 0.240 e. The van der Waals surface area contributed by atoms with Gasteiger partial charge in [-0.05, 0) is 58.0 Å². The molecular formula is C17H28N2O4S. The number of sulfonamides is 1. The highest BCUT2D eigenvalue weighted by Crippen LogP contribution is 2.16. The largest absolute Gasteiger partial charge is 0.494 e. The first-order valence-corrected chi connectivity index (χ1v) is 9.99. The second-order valence-electron chi connectivity index (χ2n) is 6.17. The fourth-order valence-electron chi connectivity index (χ4n) is 2.94. The van der Waals surface area contributed by atoms with Gasteiger partial charge in [-0.15, -0.1) is 0 Å². The number of benzene rings is 1. The fraction of sp³-hybridized carbons (Fsp3) is 0.647. The zero-order chi connectivity index (χ0) is 17.6. The van der Waals surface area contributed by atoms with Crippen molar-refractivity contribution in [2.24, 2.45) is 0 Å². The van der Waals surface area contributed by atoms with Crippen LogP contribution >= 0.6 is 0 Å². The molecule has 6 nitrogen and oxygen atoms in total. The summed E-state index contributed by atoms with van der Waals surface area (Å²) in [6, 6.07) is 6.49. The number of hydrogen-bond acceptors (Lipinski definition) is 5. The van der Waals surface area contributed by atoms with E-state index in [2.05, 4.69) is 23.5 Å². The molecule has 0 saturated carbocycles. The maximum absolute atomic E-state index is 12.3. The third kappa shape index (κ3) is 5.73. The molecule has 1 aromatic rings. The van der Waals surface area contributed by atoms with Crippen LogP contribution in [0.5, 0.6) is 5.75 Å². The summed E-state index contributed by atoms with van der Waals surface area (Å²) in [5, 5.41) is 0. The molecule has 0 aliphatic carbocycles. The summed E-state index contributed by atoms with van der Waals surface area (Å²) in [5.41, 5.74) is 0. The maximum atomic E-state index is 12.3. The Labute approximate surface area is 145 Å². The van der Waals surface area contributed by atoms with E-state index >= 15 is 0 Å². The molecule has 0 spiro atoms. The quantitative estimate of drug-likeness (QED) is 0.720. The fourth-order valence-corrected chi connectivity index (χ4v) is 4.02. The Hall–Kier alpha value is -1.15. The summed E-state index contributed by atoms with van der Waals surface area (Å²) in [4.78, 5) is 2.59. The van der Waals surface area contributed by atoms with Crippen molar-refractivity contribution in [1.82, 2.24) is 9.62 Å². The lowest BCUT2D eigenvalue weighted by atomic mass is 10.2. The third-order valence-electron chi connectivity index (χ3n) is 3.88. The number of hydrogen-bond donors (Lipinski definition) is 1. The van der Waals surface area contributed by atoms with Crippen molar-refractivity contribution in [1.29, 1.82) is 0 Å². The molecule has 2 rings (SSSR count). The molecule has 0 radical (unpaired) electrons. The number of nitrogens with one attached hydrogen (secondary N) is 1. The van der Waals surface area contributed by atoms with E-state index in [4.69, 9.17) is 9.47 Å². The molecule has 1 saturated heterocycles. The smallest absolute Gasteiger partial charge is 0.240 e. The monoisotopic (exact) mass is 356 g/mol. The summed E-state index contributed by atoms with van der Waals surface area (Å²) in [7, 11) is -3.47. The van der Waals surface area contributed by atoms with Crippen molar-refractivity contribution < 1.29 is 17.9 Å². The molecule has 7 heteroatoms. The molecular weight excluding hydrogens is 328 g/mol. The predicted octanol–water partition coefficient (Wildman–Crippen LogP) is 1.86. The van der Waals surface area contributed by atoms with Crippen LogP contribution < -0.4 is 9.46 Å². The Bertz CT molecular complexity index is 594. The highest BCUT2D eigenvalue weighted by molar-refractivity contribution is 7.89. The van der Waals surface area contributed by atoms with E-state index in [0.717, 1.165) is 26.1 Å². The van der Waals surface area contributed by atoms with Gasteiger partial charge in [0.1, 0.15) is 5.75 Å². The number of morpholine rings is 1. The lowest BCUT2D eigenvalue weighted by Crippen LogP contribution is -2.46. The van der Waals surface area contributed by atoms with Crippen molar-refractivity contribution in [3.05, 3.63) is 24.3 Å². The number of rotatable bonds is 8.